The number of nitrogens with zero attached hydrogens (tertiary/aromatic N) is 1. The highest BCUT2D eigenvalue weighted by molar-refractivity contribution is 5.92. The average molecular weight is 498 g/mol. The molecule has 0 bridgehead atoms. The summed E-state index contributed by atoms with van der Waals surface area (Å²) < 4.78 is 0. The van der Waals surface area contributed by atoms with Gasteiger partial charge in [-0.3, -0.25) is 4.79 Å². The van der Waals surface area contributed by atoms with Gasteiger partial charge >= 0.3 is 0 Å². The maximum Gasteiger partial charge on any atom is 0.198 e. The number of nitrogens with one attached hydrogen (secondary N) is 1. The summed E-state index contributed by atoms with van der Waals surface area (Å²) in [6, 6.07) is 42.6. The molecule has 0 saturated carbocycles. The molecule has 0 aliphatic heterocycles. The van der Waals surface area contributed by atoms with Crippen LogP contribution in [0, 0.1) is 11.8 Å². The van der Waals surface area contributed by atoms with Crippen molar-refractivity contribution in [3.05, 3.63) is 168 Å². The fourth-order valence-corrected chi connectivity index (χ4v) is 5.35. The molecule has 0 spiro atoms. The van der Waals surface area contributed by atoms with Gasteiger partial charge < -0.3 is 4.98 Å². The molecule has 38 heavy (non-hydrogen) atoms. The summed E-state index contributed by atoms with van der Waals surface area (Å²) in [7, 11) is 0. The van der Waals surface area contributed by atoms with Crippen molar-refractivity contribution in [2.45, 2.75) is 31.6 Å². The molecule has 0 fully saturated rings. The predicted octanol–water partition coefficient (Wildman–Crippen LogP) is 7.69. The van der Waals surface area contributed by atoms with E-state index in [-0.39, 0.29) is 17.6 Å². The molecule has 3 heteroatoms. The zero-order valence-electron chi connectivity index (χ0n) is 21.5. The van der Waals surface area contributed by atoms with Crippen molar-refractivity contribution < 1.29 is 4.79 Å². The fourth-order valence-electron chi connectivity index (χ4n) is 5.35. The number of imidazole rings is 1. The van der Waals surface area contributed by atoms with Crippen LogP contribution in [0.2, 0.25) is 0 Å². The van der Waals surface area contributed by atoms with Gasteiger partial charge in [0.05, 0.1) is 0 Å². The first-order valence-corrected chi connectivity index (χ1v) is 13.3. The summed E-state index contributed by atoms with van der Waals surface area (Å²) >= 11 is 0. The molecule has 5 aromatic rings. The van der Waals surface area contributed by atoms with Gasteiger partial charge in [-0.25, -0.2) is 4.98 Å². The van der Waals surface area contributed by atoms with E-state index in [1.165, 1.54) is 28.2 Å². The number of carbonyl (C=O) groups excluding carboxylic acids is 1. The molecule has 1 aromatic heterocycles. The molecule has 0 saturated heterocycles. The molecule has 2 unspecified atom stereocenters. The third-order valence-electron chi connectivity index (χ3n) is 7.23. The van der Waals surface area contributed by atoms with E-state index in [0.29, 0.717) is 12.2 Å². The topological polar surface area (TPSA) is 45.8 Å². The highest BCUT2D eigenvalue weighted by Gasteiger charge is 2.33. The highest BCUT2D eigenvalue weighted by Crippen LogP contribution is 2.41. The standard InChI is InChI=1S/C35H33N2O/c38-34(35-36-21-22-37-35)26-31(23-27-13-5-1-6-14-27)33(25-29-17-9-3-10-18-29)32(30-19-11-4-12-20-30)24-28-15-7-2-8-16-28/h1-22,31-32H,23-26H2,(H,36,37). The second-order valence-electron chi connectivity index (χ2n) is 9.84. The van der Waals surface area contributed by atoms with Gasteiger partial charge in [-0.1, -0.05) is 121 Å². The second kappa shape index (κ2) is 12.8. The quantitative estimate of drug-likeness (QED) is 0.180. The molecule has 3 nitrogen and oxygen atoms in total. The van der Waals surface area contributed by atoms with Crippen molar-refractivity contribution in [2.24, 2.45) is 5.92 Å². The van der Waals surface area contributed by atoms with E-state index in [4.69, 9.17) is 0 Å². The number of aromatic amines is 1. The third kappa shape index (κ3) is 6.74. The minimum atomic E-state index is 0.0455. The summed E-state index contributed by atoms with van der Waals surface area (Å²) in [5, 5.41) is 0. The molecular weight excluding hydrogens is 464 g/mol. The normalized spacial score (nSPS) is 12.8. The molecular formula is C35H33N2O. The van der Waals surface area contributed by atoms with Crippen LogP contribution in [0.15, 0.2) is 134 Å². The van der Waals surface area contributed by atoms with E-state index in [0.717, 1.165) is 19.3 Å². The van der Waals surface area contributed by atoms with Crippen molar-refractivity contribution in [3.8, 4) is 0 Å². The Kier molecular flexibility index (Phi) is 8.58. The Morgan fingerprint density at radius 2 is 1.18 bits per heavy atom. The lowest BCUT2D eigenvalue weighted by Gasteiger charge is -2.34. The van der Waals surface area contributed by atoms with Crippen LogP contribution in [-0.2, 0) is 19.3 Å². The summed E-state index contributed by atoms with van der Waals surface area (Å²) in [6.07, 6.45) is 6.27. The molecule has 5 rings (SSSR count). The Labute approximate surface area is 225 Å². The number of aromatic nitrogens is 2. The van der Waals surface area contributed by atoms with Crippen LogP contribution >= 0.6 is 0 Å². The summed E-state index contributed by atoms with van der Waals surface area (Å²) in [6.45, 7) is 0. The van der Waals surface area contributed by atoms with Crippen LogP contribution < -0.4 is 0 Å². The van der Waals surface area contributed by atoms with E-state index in [2.05, 4.69) is 125 Å². The first-order chi connectivity index (χ1) is 18.8. The van der Waals surface area contributed by atoms with Gasteiger partial charge in [0.1, 0.15) is 0 Å². The van der Waals surface area contributed by atoms with E-state index >= 15 is 0 Å². The highest BCUT2D eigenvalue weighted by atomic mass is 16.1. The Morgan fingerprint density at radius 1 is 0.658 bits per heavy atom. The average Bonchev–Trinajstić information content (AvgIpc) is 3.52. The number of hydrogen-bond acceptors (Lipinski definition) is 2. The van der Waals surface area contributed by atoms with E-state index in [1.54, 1.807) is 12.4 Å². The number of rotatable bonds is 12. The molecule has 0 aliphatic carbocycles. The first kappa shape index (κ1) is 25.4. The molecule has 0 amide bonds. The molecule has 1 N–H and O–H groups in total. The zero-order valence-corrected chi connectivity index (χ0v) is 21.5. The van der Waals surface area contributed by atoms with Gasteiger partial charge in [0.15, 0.2) is 11.6 Å². The van der Waals surface area contributed by atoms with Crippen LogP contribution in [0.3, 0.4) is 0 Å². The fraction of sp³-hybridized carbons (Fsp3) is 0.171. The molecule has 189 valence electrons. The van der Waals surface area contributed by atoms with Crippen molar-refractivity contribution in [1.82, 2.24) is 9.97 Å². The third-order valence-corrected chi connectivity index (χ3v) is 7.23. The monoisotopic (exact) mass is 497 g/mol. The zero-order chi connectivity index (χ0) is 26.0. The smallest absolute Gasteiger partial charge is 0.198 e. The SMILES string of the molecule is O=C(CC(Cc1ccccc1)[C](Cc1ccccc1)C(Cc1ccccc1)c1ccccc1)c1ncc[nH]1. The Bertz CT molecular complexity index is 1370. The van der Waals surface area contributed by atoms with Gasteiger partial charge in [0.25, 0.3) is 0 Å². The lowest BCUT2D eigenvalue weighted by atomic mass is 9.69. The van der Waals surface area contributed by atoms with E-state index in [1.807, 2.05) is 6.07 Å². The maximum atomic E-state index is 13.5. The lowest BCUT2D eigenvalue weighted by Crippen LogP contribution is -2.28. The van der Waals surface area contributed by atoms with Gasteiger partial charge in [-0.05, 0) is 59.3 Å². The van der Waals surface area contributed by atoms with Crippen LogP contribution in [0.25, 0.3) is 0 Å². The molecule has 0 aliphatic rings. The van der Waals surface area contributed by atoms with Crippen LogP contribution in [0.5, 0.6) is 0 Å². The van der Waals surface area contributed by atoms with E-state index < -0.39 is 0 Å². The molecule has 4 aromatic carbocycles. The van der Waals surface area contributed by atoms with Crippen molar-refractivity contribution in [1.29, 1.82) is 0 Å². The van der Waals surface area contributed by atoms with Crippen LogP contribution in [0.1, 0.15) is 45.2 Å². The van der Waals surface area contributed by atoms with Crippen molar-refractivity contribution in [3.63, 3.8) is 0 Å². The number of carbonyl (C=O) groups is 1. The molecule has 1 radical (unpaired) electrons. The van der Waals surface area contributed by atoms with Crippen molar-refractivity contribution >= 4 is 5.78 Å². The van der Waals surface area contributed by atoms with E-state index in [9.17, 15) is 4.79 Å². The Balaban J connectivity index is 1.58. The van der Waals surface area contributed by atoms with Crippen LogP contribution in [-0.4, -0.2) is 15.8 Å². The van der Waals surface area contributed by atoms with Crippen LogP contribution in [0.4, 0.5) is 0 Å². The van der Waals surface area contributed by atoms with Crippen molar-refractivity contribution in [2.75, 3.05) is 0 Å². The summed E-state index contributed by atoms with van der Waals surface area (Å²) in [4.78, 5) is 20.8. The first-order valence-electron chi connectivity index (χ1n) is 13.3. The molecule has 1 heterocycles. The minimum Gasteiger partial charge on any atom is -0.342 e. The number of benzene rings is 4. The number of H-pyrrole nitrogens is 1. The predicted molar refractivity (Wildman–Crippen MR) is 154 cm³/mol. The molecule has 2 atom stereocenters. The number of hydrogen-bond donors (Lipinski definition) is 1. The summed E-state index contributed by atoms with van der Waals surface area (Å²) in [5.74, 6) is 2.07. The Morgan fingerprint density at radius 3 is 1.74 bits per heavy atom. The maximum absolute atomic E-state index is 13.5. The Hall–Kier alpha value is -4.24. The lowest BCUT2D eigenvalue weighted by molar-refractivity contribution is 0.0951. The van der Waals surface area contributed by atoms with Gasteiger partial charge in [0, 0.05) is 18.8 Å². The second-order valence-corrected chi connectivity index (χ2v) is 9.84. The summed E-state index contributed by atoms with van der Waals surface area (Å²) in [5.41, 5.74) is 5.08. The van der Waals surface area contributed by atoms with Gasteiger partial charge in [-0.15, -0.1) is 0 Å². The largest absolute Gasteiger partial charge is 0.342 e. The number of ketones is 1. The number of Topliss-reactive ketones (excluding diaryl/α,β-unsaturated/α-hetero) is 1. The minimum absolute atomic E-state index is 0.0455. The van der Waals surface area contributed by atoms with Gasteiger partial charge in [0.2, 0.25) is 0 Å². The van der Waals surface area contributed by atoms with Gasteiger partial charge in [-0.2, -0.15) is 0 Å².